The Labute approximate surface area is 171 Å². The Balaban J connectivity index is 2.30. The molecule has 0 saturated heterocycles. The Morgan fingerprint density at radius 1 is 1.25 bits per heavy atom. The third kappa shape index (κ3) is 5.86. The summed E-state index contributed by atoms with van der Waals surface area (Å²) in [6.07, 6.45) is 1.23. The lowest BCUT2D eigenvalue weighted by atomic mass is 9.98. The number of rotatable bonds is 7. The predicted molar refractivity (Wildman–Crippen MR) is 115 cm³/mol. The summed E-state index contributed by atoms with van der Waals surface area (Å²) < 4.78 is 5.96. The van der Waals surface area contributed by atoms with E-state index in [9.17, 15) is 4.79 Å². The van der Waals surface area contributed by atoms with E-state index in [1.54, 1.807) is 25.3 Å². The number of nitrogens with one attached hydrogen (secondary N) is 1. The summed E-state index contributed by atoms with van der Waals surface area (Å²) in [5.41, 5.74) is 11.0. The van der Waals surface area contributed by atoms with Crippen LogP contribution in [0.5, 0.6) is 0 Å². The largest absolute Gasteiger partial charge is 0.469 e. The van der Waals surface area contributed by atoms with Crippen LogP contribution in [0.2, 0.25) is 5.02 Å². The molecule has 28 heavy (non-hydrogen) atoms. The van der Waals surface area contributed by atoms with Gasteiger partial charge in [-0.25, -0.2) is 0 Å². The topological polar surface area (TPSA) is 76.7 Å². The number of nitrogens with two attached hydrogens (primary N) is 1. The van der Waals surface area contributed by atoms with Gasteiger partial charge in [-0.15, -0.1) is 0 Å². The molecule has 0 aliphatic carbocycles. The van der Waals surface area contributed by atoms with E-state index in [0.29, 0.717) is 5.02 Å². The van der Waals surface area contributed by atoms with Crippen LogP contribution in [0.15, 0.2) is 59.4 Å². The summed E-state index contributed by atoms with van der Waals surface area (Å²) in [5.74, 6) is 0.0584. The number of hydrogen-bond acceptors (Lipinski definition) is 4. The quantitative estimate of drug-likeness (QED) is 0.544. The number of benzene rings is 2. The Bertz CT molecular complexity index is 886. The van der Waals surface area contributed by atoms with Gasteiger partial charge in [0.25, 0.3) is 0 Å². The third-order valence-corrected chi connectivity index (χ3v) is 4.53. The van der Waals surface area contributed by atoms with Gasteiger partial charge in [-0.05, 0) is 42.7 Å². The van der Waals surface area contributed by atoms with Crippen LogP contribution in [-0.4, -0.2) is 25.2 Å². The number of carbonyl (C=O) groups is 1. The zero-order valence-corrected chi connectivity index (χ0v) is 17.4. The van der Waals surface area contributed by atoms with Crippen molar-refractivity contribution in [2.24, 2.45) is 10.7 Å². The molecule has 0 aliphatic heterocycles. The number of amides is 1. The highest BCUT2D eigenvalue weighted by Crippen LogP contribution is 2.23. The van der Waals surface area contributed by atoms with E-state index in [0.717, 1.165) is 28.0 Å². The third-order valence-electron chi connectivity index (χ3n) is 4.29. The smallest absolute Gasteiger partial charge is 0.217 e. The summed E-state index contributed by atoms with van der Waals surface area (Å²) >= 11 is 6.10. The molecule has 2 aromatic carbocycles. The molecule has 1 amide bonds. The molecule has 1 atom stereocenters. The summed E-state index contributed by atoms with van der Waals surface area (Å²) in [7, 11) is 1.72. The first-order chi connectivity index (χ1) is 13.3. The van der Waals surface area contributed by atoms with Crippen LogP contribution in [0.1, 0.15) is 35.3 Å². The van der Waals surface area contributed by atoms with Crippen molar-refractivity contribution in [3.8, 4) is 0 Å². The second kappa shape index (κ2) is 9.95. The van der Waals surface area contributed by atoms with Gasteiger partial charge in [-0.3, -0.25) is 9.79 Å². The molecule has 0 aliphatic rings. The molecule has 2 rings (SSSR count). The molecule has 0 heterocycles. The zero-order chi connectivity index (χ0) is 20.7. The molecular formula is C22H26ClN3O2. The SMILES string of the molecule is C/N=C(\C=C(/N)OC(CNC(C)=O)c1cccc(Cl)c1)c1c(C)cccc1C. The fourth-order valence-electron chi connectivity index (χ4n) is 2.97. The Morgan fingerprint density at radius 3 is 2.46 bits per heavy atom. The van der Waals surface area contributed by atoms with Crippen molar-refractivity contribution >= 4 is 23.2 Å². The molecule has 0 saturated carbocycles. The number of aliphatic imine (C=N–C) groups is 1. The lowest BCUT2D eigenvalue weighted by molar-refractivity contribution is -0.119. The molecular weight excluding hydrogens is 374 g/mol. The molecule has 0 aromatic heterocycles. The van der Waals surface area contributed by atoms with E-state index in [-0.39, 0.29) is 18.3 Å². The molecule has 5 nitrogen and oxygen atoms in total. The normalized spacial score (nSPS) is 13.2. The van der Waals surface area contributed by atoms with E-state index >= 15 is 0 Å². The number of nitrogens with zero attached hydrogens (tertiary/aromatic N) is 1. The van der Waals surface area contributed by atoms with E-state index < -0.39 is 6.10 Å². The van der Waals surface area contributed by atoms with Gasteiger partial charge >= 0.3 is 0 Å². The maximum Gasteiger partial charge on any atom is 0.217 e. The van der Waals surface area contributed by atoms with Crippen molar-refractivity contribution in [1.29, 1.82) is 0 Å². The van der Waals surface area contributed by atoms with E-state index in [1.165, 1.54) is 6.92 Å². The van der Waals surface area contributed by atoms with Crippen LogP contribution < -0.4 is 11.1 Å². The van der Waals surface area contributed by atoms with Crippen molar-refractivity contribution in [2.75, 3.05) is 13.6 Å². The highest BCUT2D eigenvalue weighted by molar-refractivity contribution is 6.30. The molecule has 0 radical (unpaired) electrons. The second-order valence-electron chi connectivity index (χ2n) is 6.52. The molecule has 6 heteroatoms. The summed E-state index contributed by atoms with van der Waals surface area (Å²) in [6, 6.07) is 13.4. The van der Waals surface area contributed by atoms with Gasteiger partial charge < -0.3 is 15.8 Å². The Morgan fingerprint density at radius 2 is 1.89 bits per heavy atom. The van der Waals surface area contributed by atoms with Crippen LogP contribution in [0, 0.1) is 13.8 Å². The Hall–Kier alpha value is -2.79. The summed E-state index contributed by atoms with van der Waals surface area (Å²) in [4.78, 5) is 15.7. The van der Waals surface area contributed by atoms with Crippen LogP contribution in [0.25, 0.3) is 0 Å². The summed E-state index contributed by atoms with van der Waals surface area (Å²) in [5, 5.41) is 3.35. The van der Waals surface area contributed by atoms with Gasteiger partial charge in [0, 0.05) is 30.6 Å². The fourth-order valence-corrected chi connectivity index (χ4v) is 3.17. The number of halogens is 1. The minimum absolute atomic E-state index is 0.149. The van der Waals surface area contributed by atoms with Crippen LogP contribution in [-0.2, 0) is 9.53 Å². The number of hydrogen-bond donors (Lipinski definition) is 2. The van der Waals surface area contributed by atoms with E-state index in [4.69, 9.17) is 22.1 Å². The van der Waals surface area contributed by atoms with Gasteiger partial charge in [0.05, 0.1) is 12.3 Å². The monoisotopic (exact) mass is 399 g/mol. The minimum atomic E-state index is -0.477. The van der Waals surface area contributed by atoms with Crippen molar-refractivity contribution in [3.63, 3.8) is 0 Å². The standard InChI is InChI=1S/C22H26ClN3O2/c1-14-7-5-8-15(2)22(14)19(25-4)12-21(24)28-20(13-26-16(3)27)17-9-6-10-18(23)11-17/h5-12,20H,13,24H2,1-4H3,(H,26,27)/b21-12+,25-19+. The average Bonchev–Trinajstić information content (AvgIpc) is 2.63. The molecule has 148 valence electrons. The van der Waals surface area contributed by atoms with Gasteiger partial charge in [0.1, 0.15) is 6.10 Å². The Kier molecular flexibility index (Phi) is 7.64. The van der Waals surface area contributed by atoms with Gasteiger partial charge in [-0.1, -0.05) is 41.9 Å². The maximum atomic E-state index is 11.4. The molecule has 0 bridgehead atoms. The molecule has 2 aromatic rings. The molecule has 3 N–H and O–H groups in total. The first-order valence-corrected chi connectivity index (χ1v) is 9.36. The van der Waals surface area contributed by atoms with E-state index in [1.807, 2.05) is 44.2 Å². The highest BCUT2D eigenvalue weighted by Gasteiger charge is 2.16. The number of allylic oxidation sites excluding steroid dienone is 1. The van der Waals surface area contributed by atoms with Crippen LogP contribution >= 0.6 is 11.6 Å². The first kappa shape index (κ1) is 21.5. The van der Waals surface area contributed by atoms with Crippen LogP contribution in [0.3, 0.4) is 0 Å². The minimum Gasteiger partial charge on any atom is -0.469 e. The second-order valence-corrected chi connectivity index (χ2v) is 6.96. The lowest BCUT2D eigenvalue weighted by Gasteiger charge is -2.20. The molecule has 0 spiro atoms. The first-order valence-electron chi connectivity index (χ1n) is 8.99. The molecule has 0 fully saturated rings. The molecule has 1 unspecified atom stereocenters. The highest BCUT2D eigenvalue weighted by atomic mass is 35.5. The van der Waals surface area contributed by atoms with E-state index in [2.05, 4.69) is 10.3 Å². The predicted octanol–water partition coefficient (Wildman–Crippen LogP) is 4.07. The number of ether oxygens (including phenoxy) is 1. The van der Waals surface area contributed by atoms with Crippen molar-refractivity contribution in [2.45, 2.75) is 26.9 Å². The van der Waals surface area contributed by atoms with Crippen molar-refractivity contribution < 1.29 is 9.53 Å². The van der Waals surface area contributed by atoms with Gasteiger partial charge in [-0.2, -0.15) is 0 Å². The lowest BCUT2D eigenvalue weighted by Crippen LogP contribution is -2.28. The summed E-state index contributed by atoms with van der Waals surface area (Å²) in [6.45, 7) is 5.79. The van der Waals surface area contributed by atoms with Crippen molar-refractivity contribution in [3.05, 3.63) is 81.7 Å². The van der Waals surface area contributed by atoms with Gasteiger partial charge in [0.2, 0.25) is 5.91 Å². The van der Waals surface area contributed by atoms with Crippen molar-refractivity contribution in [1.82, 2.24) is 5.32 Å². The van der Waals surface area contributed by atoms with Gasteiger partial charge in [0.15, 0.2) is 5.88 Å². The maximum absolute atomic E-state index is 11.4. The average molecular weight is 400 g/mol. The zero-order valence-electron chi connectivity index (χ0n) is 16.6. The number of carbonyl (C=O) groups excluding carboxylic acids is 1. The fraction of sp³-hybridized carbons (Fsp3) is 0.273. The number of aryl methyl sites for hydroxylation is 2. The van der Waals surface area contributed by atoms with Crippen LogP contribution in [0.4, 0.5) is 0 Å².